The highest BCUT2D eigenvalue weighted by atomic mass is 79.9. The average molecular weight is 379 g/mol. The number of halogens is 3. The minimum Gasteiger partial charge on any atom is -0.496 e. The van der Waals surface area contributed by atoms with Crippen LogP contribution >= 0.6 is 15.9 Å². The summed E-state index contributed by atoms with van der Waals surface area (Å²) < 4.78 is 60.4. The Hall–Kier alpha value is -1.67. The van der Waals surface area contributed by atoms with Gasteiger partial charge in [0, 0.05) is 6.07 Å². The predicted molar refractivity (Wildman–Crippen MR) is 74.9 cm³/mol. The van der Waals surface area contributed by atoms with Gasteiger partial charge in [-0.05, 0) is 46.3 Å². The van der Waals surface area contributed by atoms with Gasteiger partial charge in [0.05, 0.1) is 11.6 Å². The average Bonchev–Trinajstić information content (AvgIpc) is 2.42. The minimum atomic E-state index is -4.24. The van der Waals surface area contributed by atoms with Crippen molar-refractivity contribution in [3.63, 3.8) is 0 Å². The van der Waals surface area contributed by atoms with Crippen molar-refractivity contribution in [1.29, 1.82) is 0 Å². The Morgan fingerprint density at radius 1 is 1.05 bits per heavy atom. The number of rotatable bonds is 4. The van der Waals surface area contributed by atoms with Crippen molar-refractivity contribution >= 4 is 26.0 Å². The van der Waals surface area contributed by atoms with Gasteiger partial charge >= 0.3 is 10.1 Å². The van der Waals surface area contributed by atoms with Gasteiger partial charge in [0.1, 0.15) is 16.5 Å². The zero-order chi connectivity index (χ0) is 15.6. The maximum absolute atomic E-state index is 13.4. The molecule has 0 saturated heterocycles. The Balaban J connectivity index is 2.36. The Morgan fingerprint density at radius 3 is 2.29 bits per heavy atom. The second-order valence-electron chi connectivity index (χ2n) is 3.91. The molecule has 0 aliphatic heterocycles. The number of benzene rings is 2. The first-order chi connectivity index (χ1) is 9.83. The molecule has 0 radical (unpaired) electrons. The molecule has 0 aliphatic rings. The van der Waals surface area contributed by atoms with E-state index in [2.05, 4.69) is 20.1 Å². The van der Waals surface area contributed by atoms with Crippen molar-refractivity contribution in [2.75, 3.05) is 7.11 Å². The van der Waals surface area contributed by atoms with E-state index >= 15 is 0 Å². The third-order valence-corrected chi connectivity index (χ3v) is 4.36. The van der Waals surface area contributed by atoms with Gasteiger partial charge in [-0.15, -0.1) is 0 Å². The molecule has 0 spiro atoms. The molecule has 0 atom stereocenters. The molecule has 4 nitrogen and oxygen atoms in total. The van der Waals surface area contributed by atoms with Gasteiger partial charge in [0.15, 0.2) is 11.6 Å². The van der Waals surface area contributed by atoms with Gasteiger partial charge in [-0.3, -0.25) is 0 Å². The largest absolute Gasteiger partial charge is 0.496 e. The fourth-order valence-corrected chi connectivity index (χ4v) is 3.17. The molecule has 0 saturated carbocycles. The second-order valence-corrected chi connectivity index (χ2v) is 6.31. The molecule has 0 unspecified atom stereocenters. The summed E-state index contributed by atoms with van der Waals surface area (Å²) in [5.74, 6) is -2.08. The molecular weight excluding hydrogens is 370 g/mol. The monoisotopic (exact) mass is 378 g/mol. The van der Waals surface area contributed by atoms with E-state index in [-0.39, 0.29) is 4.90 Å². The van der Waals surface area contributed by atoms with E-state index in [1.807, 2.05) is 0 Å². The maximum Gasteiger partial charge on any atom is 0.339 e. The van der Waals surface area contributed by atoms with E-state index in [0.29, 0.717) is 16.3 Å². The third kappa shape index (κ3) is 3.51. The number of methoxy groups -OCH3 is 1. The molecule has 0 fully saturated rings. The van der Waals surface area contributed by atoms with E-state index in [1.165, 1.54) is 25.3 Å². The molecule has 0 aromatic heterocycles. The van der Waals surface area contributed by atoms with Crippen molar-refractivity contribution in [2.45, 2.75) is 4.90 Å². The van der Waals surface area contributed by atoms with E-state index in [4.69, 9.17) is 4.74 Å². The molecule has 0 heterocycles. The standard InChI is InChI=1S/C13H9BrF2O4S/c1-19-12-5-3-9(7-10(12)14)21(17,18)20-13-4-2-8(15)6-11(13)16/h2-7H,1H3. The van der Waals surface area contributed by atoms with Gasteiger partial charge in [0.25, 0.3) is 0 Å². The molecule has 2 aromatic rings. The Morgan fingerprint density at radius 2 is 1.71 bits per heavy atom. The second kappa shape index (κ2) is 5.98. The first-order valence-electron chi connectivity index (χ1n) is 5.56. The first-order valence-corrected chi connectivity index (χ1v) is 7.76. The highest BCUT2D eigenvalue weighted by molar-refractivity contribution is 9.10. The van der Waals surface area contributed by atoms with Crippen LogP contribution in [0.2, 0.25) is 0 Å². The van der Waals surface area contributed by atoms with Crippen LogP contribution < -0.4 is 8.92 Å². The van der Waals surface area contributed by atoms with E-state index < -0.39 is 27.5 Å². The van der Waals surface area contributed by atoms with Gasteiger partial charge in [-0.2, -0.15) is 8.42 Å². The van der Waals surface area contributed by atoms with Gasteiger partial charge in [-0.25, -0.2) is 8.78 Å². The van der Waals surface area contributed by atoms with Crippen LogP contribution in [-0.4, -0.2) is 15.5 Å². The molecule has 2 aromatic carbocycles. The molecule has 0 N–H and O–H groups in total. The van der Waals surface area contributed by atoms with Crippen LogP contribution in [0.15, 0.2) is 45.8 Å². The van der Waals surface area contributed by atoms with Crippen molar-refractivity contribution in [1.82, 2.24) is 0 Å². The van der Waals surface area contributed by atoms with Crippen LogP contribution in [0.3, 0.4) is 0 Å². The Labute approximate surface area is 128 Å². The summed E-state index contributed by atoms with van der Waals surface area (Å²) in [6.45, 7) is 0. The molecule has 2 rings (SSSR count). The molecular formula is C13H9BrF2O4S. The van der Waals surface area contributed by atoms with Crippen LogP contribution in [-0.2, 0) is 10.1 Å². The maximum atomic E-state index is 13.4. The fraction of sp³-hybridized carbons (Fsp3) is 0.0769. The lowest BCUT2D eigenvalue weighted by Gasteiger charge is -2.09. The number of hydrogen-bond acceptors (Lipinski definition) is 4. The van der Waals surface area contributed by atoms with Crippen LogP contribution in [0.1, 0.15) is 0 Å². The lowest BCUT2D eigenvalue weighted by atomic mass is 10.3. The molecule has 112 valence electrons. The smallest absolute Gasteiger partial charge is 0.339 e. The zero-order valence-electron chi connectivity index (χ0n) is 10.6. The van der Waals surface area contributed by atoms with Crippen molar-refractivity contribution < 1.29 is 26.1 Å². The van der Waals surface area contributed by atoms with Crippen molar-refractivity contribution in [3.8, 4) is 11.5 Å². The minimum absolute atomic E-state index is 0.195. The summed E-state index contributed by atoms with van der Waals surface area (Å²) >= 11 is 3.14. The van der Waals surface area contributed by atoms with Crippen LogP contribution in [0.5, 0.6) is 11.5 Å². The predicted octanol–water partition coefficient (Wildman–Crippen LogP) is 3.50. The highest BCUT2D eigenvalue weighted by Crippen LogP contribution is 2.29. The quantitative estimate of drug-likeness (QED) is 0.764. The van der Waals surface area contributed by atoms with Gasteiger partial charge < -0.3 is 8.92 Å². The molecule has 21 heavy (non-hydrogen) atoms. The fourth-order valence-electron chi connectivity index (χ4n) is 1.51. The third-order valence-electron chi connectivity index (χ3n) is 2.51. The van der Waals surface area contributed by atoms with Gasteiger partial charge in [0.2, 0.25) is 0 Å². The highest BCUT2D eigenvalue weighted by Gasteiger charge is 2.20. The van der Waals surface area contributed by atoms with Crippen molar-refractivity contribution in [3.05, 3.63) is 52.5 Å². The summed E-state index contributed by atoms with van der Waals surface area (Å²) in [5, 5.41) is 0. The van der Waals surface area contributed by atoms with E-state index in [9.17, 15) is 17.2 Å². The SMILES string of the molecule is COc1ccc(S(=O)(=O)Oc2ccc(F)cc2F)cc1Br. The normalized spacial score (nSPS) is 11.2. The van der Waals surface area contributed by atoms with E-state index in [1.54, 1.807) is 0 Å². The van der Waals surface area contributed by atoms with Crippen LogP contribution in [0.4, 0.5) is 8.78 Å². The summed E-state index contributed by atoms with van der Waals surface area (Å²) in [6.07, 6.45) is 0. The van der Waals surface area contributed by atoms with Crippen molar-refractivity contribution in [2.24, 2.45) is 0 Å². The summed E-state index contributed by atoms with van der Waals surface area (Å²) in [6, 6.07) is 6.27. The molecule has 0 bridgehead atoms. The lowest BCUT2D eigenvalue weighted by Crippen LogP contribution is -2.11. The summed E-state index contributed by atoms with van der Waals surface area (Å²) in [4.78, 5) is -0.195. The summed E-state index contributed by atoms with van der Waals surface area (Å²) in [5.41, 5.74) is 0. The van der Waals surface area contributed by atoms with Crippen LogP contribution in [0, 0.1) is 11.6 Å². The summed E-state index contributed by atoms with van der Waals surface area (Å²) in [7, 11) is -2.81. The van der Waals surface area contributed by atoms with Gasteiger partial charge in [-0.1, -0.05) is 0 Å². The molecule has 8 heteroatoms. The number of hydrogen-bond donors (Lipinski definition) is 0. The van der Waals surface area contributed by atoms with E-state index in [0.717, 1.165) is 12.1 Å². The topological polar surface area (TPSA) is 52.6 Å². The Kier molecular flexibility index (Phi) is 4.48. The lowest BCUT2D eigenvalue weighted by molar-refractivity contribution is 0.411. The number of ether oxygens (including phenoxy) is 1. The van der Waals surface area contributed by atoms with Crippen LogP contribution in [0.25, 0.3) is 0 Å². The molecule has 0 aliphatic carbocycles. The zero-order valence-corrected chi connectivity index (χ0v) is 13.0. The molecule has 0 amide bonds. The Bertz CT molecular complexity index is 778. The first kappa shape index (κ1) is 15.7.